The van der Waals surface area contributed by atoms with Gasteiger partial charge >= 0.3 is 5.82 Å². The predicted molar refractivity (Wildman–Crippen MR) is 48.7 cm³/mol. The molecule has 72 valence electrons. The van der Waals surface area contributed by atoms with Crippen molar-refractivity contribution in [3.63, 3.8) is 0 Å². The van der Waals surface area contributed by atoms with Crippen molar-refractivity contribution in [1.82, 2.24) is 4.98 Å². The Balaban J connectivity index is 2.40. The van der Waals surface area contributed by atoms with Crippen LogP contribution in [0.25, 0.3) is 0 Å². The van der Waals surface area contributed by atoms with E-state index >= 15 is 0 Å². The van der Waals surface area contributed by atoms with Crippen LogP contribution in [0, 0.1) is 10.1 Å². The molecule has 0 aromatic carbocycles. The summed E-state index contributed by atoms with van der Waals surface area (Å²) in [7, 11) is 0. The van der Waals surface area contributed by atoms with E-state index in [1.54, 1.807) is 18.2 Å². The van der Waals surface area contributed by atoms with E-state index in [-0.39, 0.29) is 11.9 Å². The number of ether oxygens (including phenoxy) is 1. The van der Waals surface area contributed by atoms with Crippen LogP contribution in [0.2, 0.25) is 0 Å². The average molecular weight is 192 g/mol. The molecule has 1 atom stereocenters. The number of nitrogens with zero attached hydrogens (tertiary/aromatic N) is 2. The number of pyridine rings is 1. The molecule has 0 fully saturated rings. The number of hydrogen-bond donors (Lipinski definition) is 0. The zero-order valence-electron chi connectivity index (χ0n) is 7.29. The van der Waals surface area contributed by atoms with Crippen molar-refractivity contribution < 1.29 is 9.66 Å². The lowest BCUT2D eigenvalue weighted by atomic mass is 10.1. The fourth-order valence-corrected chi connectivity index (χ4v) is 1.37. The van der Waals surface area contributed by atoms with Crippen molar-refractivity contribution in [1.29, 1.82) is 0 Å². The molecule has 0 saturated carbocycles. The number of nitro groups is 1. The van der Waals surface area contributed by atoms with E-state index in [2.05, 4.69) is 4.98 Å². The highest BCUT2D eigenvalue weighted by Gasteiger charge is 2.23. The van der Waals surface area contributed by atoms with E-state index in [9.17, 15) is 10.1 Å². The van der Waals surface area contributed by atoms with E-state index in [1.165, 1.54) is 6.20 Å². The Morgan fingerprint density at radius 1 is 1.64 bits per heavy atom. The molecule has 2 rings (SSSR count). The van der Waals surface area contributed by atoms with Crippen molar-refractivity contribution in [3.05, 3.63) is 46.2 Å². The predicted octanol–water partition coefficient (Wildman–Crippen LogP) is 1.62. The van der Waals surface area contributed by atoms with Crippen molar-refractivity contribution >= 4 is 5.82 Å². The van der Waals surface area contributed by atoms with Gasteiger partial charge in [0.25, 0.3) is 0 Å². The quantitative estimate of drug-likeness (QED) is 0.405. The largest absolute Gasteiger partial charge is 0.369 e. The summed E-state index contributed by atoms with van der Waals surface area (Å²) in [6.07, 6.45) is 4.70. The van der Waals surface area contributed by atoms with E-state index < -0.39 is 4.92 Å². The minimum atomic E-state index is -0.495. The minimum absolute atomic E-state index is 0.135. The second-order valence-corrected chi connectivity index (χ2v) is 2.86. The van der Waals surface area contributed by atoms with E-state index in [0.29, 0.717) is 12.2 Å². The zero-order chi connectivity index (χ0) is 9.97. The van der Waals surface area contributed by atoms with Gasteiger partial charge in [-0.25, -0.2) is 0 Å². The van der Waals surface area contributed by atoms with Crippen LogP contribution in [0.1, 0.15) is 11.7 Å². The third-order valence-corrected chi connectivity index (χ3v) is 1.98. The Labute approximate surface area is 80.2 Å². The first kappa shape index (κ1) is 8.83. The molecule has 0 N–H and O–H groups in total. The lowest BCUT2D eigenvalue weighted by Gasteiger charge is -2.07. The summed E-state index contributed by atoms with van der Waals surface area (Å²) in [5.74, 6) is -0.135. The molecule has 0 aliphatic carbocycles. The molecule has 14 heavy (non-hydrogen) atoms. The summed E-state index contributed by atoms with van der Waals surface area (Å²) in [4.78, 5) is 13.9. The van der Waals surface area contributed by atoms with E-state index in [0.717, 1.165) is 0 Å². The van der Waals surface area contributed by atoms with Crippen LogP contribution in [0.4, 0.5) is 5.82 Å². The van der Waals surface area contributed by atoms with Crippen LogP contribution in [0.3, 0.4) is 0 Å². The Hall–Kier alpha value is -1.75. The molecule has 1 aromatic heterocycles. The van der Waals surface area contributed by atoms with Crippen molar-refractivity contribution in [2.75, 3.05) is 6.61 Å². The van der Waals surface area contributed by atoms with Crippen LogP contribution in [-0.4, -0.2) is 16.5 Å². The summed E-state index contributed by atoms with van der Waals surface area (Å²) in [6.45, 7) is 0.497. The fourth-order valence-electron chi connectivity index (χ4n) is 1.37. The molecular formula is C9H8N2O3. The lowest BCUT2D eigenvalue weighted by molar-refractivity contribution is -0.390. The molecule has 0 radical (unpaired) electrons. The van der Waals surface area contributed by atoms with Gasteiger partial charge in [0.15, 0.2) is 0 Å². The molecule has 0 bridgehead atoms. The first-order valence-electron chi connectivity index (χ1n) is 4.16. The van der Waals surface area contributed by atoms with Crippen molar-refractivity contribution in [3.8, 4) is 0 Å². The zero-order valence-corrected chi connectivity index (χ0v) is 7.29. The summed E-state index contributed by atoms with van der Waals surface area (Å²) >= 11 is 0. The Bertz CT molecular complexity index is 389. The van der Waals surface area contributed by atoms with Crippen LogP contribution in [0.5, 0.6) is 0 Å². The SMILES string of the molecule is O=[N+]([O-])c1ncccc1C1C=CCO1. The van der Waals surface area contributed by atoms with Gasteiger partial charge in [0, 0.05) is 0 Å². The van der Waals surface area contributed by atoms with Gasteiger partial charge in [0.2, 0.25) is 0 Å². The molecule has 2 heterocycles. The topological polar surface area (TPSA) is 65.3 Å². The summed E-state index contributed by atoms with van der Waals surface area (Å²) in [5.41, 5.74) is 0.506. The second-order valence-electron chi connectivity index (χ2n) is 2.86. The Morgan fingerprint density at radius 3 is 3.14 bits per heavy atom. The fraction of sp³-hybridized carbons (Fsp3) is 0.222. The molecular weight excluding hydrogens is 184 g/mol. The number of rotatable bonds is 2. The van der Waals surface area contributed by atoms with Gasteiger partial charge in [0.05, 0.1) is 12.2 Å². The Morgan fingerprint density at radius 2 is 2.50 bits per heavy atom. The molecule has 5 heteroatoms. The molecule has 0 spiro atoms. The van der Waals surface area contributed by atoms with Crippen LogP contribution in [-0.2, 0) is 4.74 Å². The highest BCUT2D eigenvalue weighted by Crippen LogP contribution is 2.28. The molecule has 0 amide bonds. The molecule has 1 aromatic rings. The van der Waals surface area contributed by atoms with Crippen molar-refractivity contribution in [2.24, 2.45) is 0 Å². The van der Waals surface area contributed by atoms with Gasteiger partial charge in [-0.05, 0) is 22.0 Å². The van der Waals surface area contributed by atoms with Gasteiger partial charge in [-0.15, -0.1) is 0 Å². The summed E-state index contributed by atoms with van der Waals surface area (Å²) in [6, 6.07) is 3.32. The Kier molecular flexibility index (Phi) is 2.24. The molecule has 1 unspecified atom stereocenters. The number of hydrogen-bond acceptors (Lipinski definition) is 4. The summed E-state index contributed by atoms with van der Waals surface area (Å²) in [5, 5.41) is 10.6. The maximum absolute atomic E-state index is 10.6. The van der Waals surface area contributed by atoms with Gasteiger partial charge in [-0.3, -0.25) is 0 Å². The first-order chi connectivity index (χ1) is 6.79. The first-order valence-corrected chi connectivity index (χ1v) is 4.16. The van der Waals surface area contributed by atoms with Gasteiger partial charge in [0.1, 0.15) is 12.3 Å². The molecule has 1 aliphatic rings. The minimum Gasteiger partial charge on any atom is -0.365 e. The lowest BCUT2D eigenvalue weighted by Crippen LogP contribution is -2.02. The molecule has 0 saturated heterocycles. The maximum atomic E-state index is 10.6. The third kappa shape index (κ3) is 1.49. The van der Waals surface area contributed by atoms with Crippen LogP contribution >= 0.6 is 0 Å². The van der Waals surface area contributed by atoms with E-state index in [1.807, 2.05) is 6.08 Å². The van der Waals surface area contributed by atoms with Gasteiger partial charge < -0.3 is 14.9 Å². The maximum Gasteiger partial charge on any atom is 0.369 e. The highest BCUT2D eigenvalue weighted by atomic mass is 16.6. The standard InChI is InChI=1S/C9H8N2O3/c12-11(13)9-7(3-1-5-10-9)8-4-2-6-14-8/h1-5,8H,6H2. The third-order valence-electron chi connectivity index (χ3n) is 1.98. The van der Waals surface area contributed by atoms with Crippen LogP contribution in [0.15, 0.2) is 30.5 Å². The smallest absolute Gasteiger partial charge is 0.365 e. The molecule has 1 aliphatic heterocycles. The highest BCUT2D eigenvalue weighted by molar-refractivity contribution is 5.36. The van der Waals surface area contributed by atoms with Crippen LogP contribution < -0.4 is 0 Å². The average Bonchev–Trinajstić information content (AvgIpc) is 2.70. The second kappa shape index (κ2) is 3.55. The van der Waals surface area contributed by atoms with Gasteiger partial charge in [-0.1, -0.05) is 12.2 Å². The molecule has 5 nitrogen and oxygen atoms in total. The van der Waals surface area contributed by atoms with Crippen molar-refractivity contribution in [2.45, 2.75) is 6.10 Å². The van der Waals surface area contributed by atoms with E-state index in [4.69, 9.17) is 4.74 Å². The number of aromatic nitrogens is 1. The monoisotopic (exact) mass is 192 g/mol. The normalized spacial score (nSPS) is 19.9. The summed E-state index contributed by atoms with van der Waals surface area (Å²) < 4.78 is 5.27. The van der Waals surface area contributed by atoms with Gasteiger partial charge in [-0.2, -0.15) is 0 Å².